The predicted molar refractivity (Wildman–Crippen MR) is 189 cm³/mol. The van der Waals surface area contributed by atoms with Gasteiger partial charge in [-0.05, 0) is 115 Å². The quantitative estimate of drug-likeness (QED) is 0.284. The van der Waals surface area contributed by atoms with Crippen LogP contribution in [0.15, 0.2) is 23.3 Å². The number of ether oxygens (including phenoxy) is 6. The van der Waals surface area contributed by atoms with Crippen molar-refractivity contribution in [1.29, 1.82) is 0 Å². The number of rotatable bonds is 7. The molecule has 2 N–H and O–H groups in total. The predicted octanol–water partition coefficient (Wildman–Crippen LogP) is 4.57. The van der Waals surface area contributed by atoms with Crippen LogP contribution in [-0.4, -0.2) is 116 Å². The van der Waals surface area contributed by atoms with Gasteiger partial charge in [-0.15, -0.1) is 0 Å². The van der Waals surface area contributed by atoms with E-state index in [1.807, 2.05) is 6.92 Å². The molecule has 6 aliphatic rings. The first-order chi connectivity index (χ1) is 24.3. The van der Waals surface area contributed by atoms with Crippen LogP contribution in [0.25, 0.3) is 0 Å². The Morgan fingerprint density at radius 3 is 2.35 bits per heavy atom. The average Bonchev–Trinajstić information content (AvgIpc) is 3.67. The van der Waals surface area contributed by atoms with Crippen LogP contribution in [0.3, 0.4) is 0 Å². The van der Waals surface area contributed by atoms with E-state index >= 15 is 0 Å². The minimum Gasteiger partial charge on any atom is -0.462 e. The molecule has 0 aromatic rings. The maximum absolute atomic E-state index is 14.7. The number of aliphatic hydroxyl groups is 2. The lowest BCUT2D eigenvalue weighted by Crippen LogP contribution is -2.58. The fraction of sp³-hybridized carbons (Fsp3) is 0.850. The fourth-order valence-corrected chi connectivity index (χ4v) is 10.2. The molecular formula is C40H63NO10. The third-order valence-electron chi connectivity index (χ3n) is 13.2. The highest BCUT2D eigenvalue weighted by Gasteiger charge is 2.53. The Kier molecular flexibility index (Phi) is 12.5. The maximum Gasteiger partial charge on any atom is 0.306 e. The first kappa shape index (κ1) is 39.0. The molecule has 0 aromatic heterocycles. The zero-order valence-corrected chi connectivity index (χ0v) is 31.9. The van der Waals surface area contributed by atoms with Gasteiger partial charge in [0.25, 0.3) is 0 Å². The number of Topliss-reactive ketones (excluding diaryl/α,β-unsaturated/α-hetero) is 1. The largest absolute Gasteiger partial charge is 0.462 e. The molecule has 0 spiro atoms. The monoisotopic (exact) mass is 717 g/mol. The summed E-state index contributed by atoms with van der Waals surface area (Å²) in [5.41, 5.74) is 1.99. The highest BCUT2D eigenvalue weighted by atomic mass is 16.7. The van der Waals surface area contributed by atoms with E-state index in [1.165, 1.54) is 12.7 Å². The molecule has 51 heavy (non-hydrogen) atoms. The summed E-state index contributed by atoms with van der Waals surface area (Å²) in [5, 5.41) is 21.0. The number of allylic oxidation sites excluding steroid dienone is 4. The number of hydrogen-bond donors (Lipinski definition) is 2. The van der Waals surface area contributed by atoms with Gasteiger partial charge in [-0.3, -0.25) is 9.59 Å². The van der Waals surface area contributed by atoms with Crippen LogP contribution in [0, 0.1) is 35.5 Å². The van der Waals surface area contributed by atoms with E-state index in [0.29, 0.717) is 12.5 Å². The minimum atomic E-state index is -1.12. The second-order valence-electron chi connectivity index (χ2n) is 16.5. The number of hydrogen-bond acceptors (Lipinski definition) is 11. The Labute approximate surface area is 304 Å². The molecule has 3 heterocycles. The number of aliphatic hydroxyl groups excluding tert-OH is 2. The summed E-state index contributed by atoms with van der Waals surface area (Å²) in [7, 11) is 5.65. The molecule has 0 amide bonds. The summed E-state index contributed by atoms with van der Waals surface area (Å²) >= 11 is 0. The lowest BCUT2D eigenvalue weighted by atomic mass is 9.67. The number of esters is 1. The van der Waals surface area contributed by atoms with Crippen molar-refractivity contribution in [2.45, 2.75) is 160 Å². The van der Waals surface area contributed by atoms with Crippen molar-refractivity contribution in [3.05, 3.63) is 23.3 Å². The van der Waals surface area contributed by atoms with E-state index in [0.717, 1.165) is 50.5 Å². The van der Waals surface area contributed by atoms with E-state index in [2.05, 4.69) is 51.9 Å². The molecule has 0 unspecified atom stereocenters. The van der Waals surface area contributed by atoms with Gasteiger partial charge in [-0.2, -0.15) is 0 Å². The van der Waals surface area contributed by atoms with Crippen LogP contribution >= 0.6 is 0 Å². The van der Waals surface area contributed by atoms with Crippen LogP contribution in [0.1, 0.15) is 92.4 Å². The standard InChI is InChI=1S/C40H63NO10/c1-9-24-11-10-12-33(51-35-14-13-32(41(6)7)22(4)47-35)21(3)36(43)31-18-29-27(30(31)19-34(42)49-24)15-20(2)26-16-25(17-28(26)29)50-40-39(46-8)38(45)37(44)23(5)48-40/h15,18,21-30,32-33,35,37-40,44-45H,9-14,16-17,19H2,1-8H3/t21-,22-,23+,24+,25+,26+,27-,28-,29-,30+,32+,33+,35+,37+,38-,39-,40+/m1/s1. The molecule has 288 valence electrons. The number of carbonyl (C=O) groups is 2. The minimum absolute atomic E-state index is 0.00576. The molecule has 3 aliphatic heterocycles. The van der Waals surface area contributed by atoms with Crippen molar-refractivity contribution in [1.82, 2.24) is 4.90 Å². The number of fused-ring (bicyclic) bond motifs is 5. The Hall–Kier alpha value is -1.70. The lowest BCUT2D eigenvalue weighted by Gasteiger charge is -2.41. The van der Waals surface area contributed by atoms with Crippen molar-refractivity contribution >= 4 is 11.8 Å². The molecular weight excluding hydrogens is 654 g/mol. The SMILES string of the molecule is CC[C@H]1CCC[C@H](O[C@H]2CC[C@H](N(C)C)[C@@H](C)O2)[C@@H](C)C(=O)C2=C[C@@H]3[C@@H](C=C(C)[C@@H]4C[C@H](O[C@@H]5O[C@@H](C)[C@H](O)[C@@H](O)[C@H]5OC)C[C@@H]34)[C@@H]2CC(=O)O1. The van der Waals surface area contributed by atoms with Crippen molar-refractivity contribution in [3.63, 3.8) is 0 Å². The van der Waals surface area contributed by atoms with Gasteiger partial charge in [0.15, 0.2) is 18.4 Å². The van der Waals surface area contributed by atoms with Gasteiger partial charge >= 0.3 is 5.97 Å². The zero-order chi connectivity index (χ0) is 36.7. The van der Waals surface area contributed by atoms with Crippen LogP contribution < -0.4 is 0 Å². The first-order valence-electron chi connectivity index (χ1n) is 19.6. The molecule has 0 radical (unpaired) electrons. The lowest BCUT2D eigenvalue weighted by molar-refractivity contribution is -0.308. The summed E-state index contributed by atoms with van der Waals surface area (Å²) in [4.78, 5) is 30.4. The van der Waals surface area contributed by atoms with Gasteiger partial charge in [0, 0.05) is 25.0 Å². The molecule has 17 atom stereocenters. The van der Waals surface area contributed by atoms with Gasteiger partial charge in [0.2, 0.25) is 0 Å². The number of cyclic esters (lactones) is 1. The number of ketones is 1. The highest BCUT2D eigenvalue weighted by Crippen LogP contribution is 2.56. The Balaban J connectivity index is 1.23. The molecule has 0 bridgehead atoms. The third-order valence-corrected chi connectivity index (χ3v) is 13.2. The van der Waals surface area contributed by atoms with Crippen molar-refractivity contribution < 1.29 is 48.2 Å². The summed E-state index contributed by atoms with van der Waals surface area (Å²) in [5.74, 6) is -0.283. The normalized spacial score (nSPS) is 46.6. The van der Waals surface area contributed by atoms with Crippen molar-refractivity contribution in [3.8, 4) is 0 Å². The van der Waals surface area contributed by atoms with Gasteiger partial charge in [0.1, 0.15) is 24.4 Å². The average molecular weight is 718 g/mol. The molecule has 11 nitrogen and oxygen atoms in total. The van der Waals surface area contributed by atoms with E-state index in [-0.39, 0.29) is 78.5 Å². The smallest absolute Gasteiger partial charge is 0.306 e. The Bertz CT molecular complexity index is 1300. The van der Waals surface area contributed by atoms with E-state index in [9.17, 15) is 19.8 Å². The summed E-state index contributed by atoms with van der Waals surface area (Å²) in [6.45, 7) is 10.0. The zero-order valence-electron chi connectivity index (χ0n) is 31.9. The van der Waals surface area contributed by atoms with Gasteiger partial charge in [0.05, 0.1) is 30.8 Å². The highest BCUT2D eigenvalue weighted by molar-refractivity contribution is 5.99. The maximum atomic E-state index is 14.7. The molecule has 1 saturated carbocycles. The molecule has 3 aliphatic carbocycles. The van der Waals surface area contributed by atoms with Gasteiger partial charge in [-0.1, -0.05) is 31.6 Å². The number of carbonyl (C=O) groups excluding carboxylic acids is 2. The molecule has 3 saturated heterocycles. The first-order valence-corrected chi connectivity index (χ1v) is 19.6. The fourth-order valence-electron chi connectivity index (χ4n) is 10.2. The summed E-state index contributed by atoms with van der Waals surface area (Å²) in [6.07, 6.45) is 5.54. The van der Waals surface area contributed by atoms with Gasteiger partial charge < -0.3 is 43.5 Å². The molecule has 0 aromatic carbocycles. The second-order valence-corrected chi connectivity index (χ2v) is 16.5. The molecule has 4 fully saturated rings. The van der Waals surface area contributed by atoms with Crippen LogP contribution in [0.2, 0.25) is 0 Å². The van der Waals surface area contributed by atoms with E-state index in [4.69, 9.17) is 28.4 Å². The number of nitrogens with zero attached hydrogens (tertiary/aromatic N) is 1. The molecule has 11 heteroatoms. The Morgan fingerprint density at radius 2 is 1.67 bits per heavy atom. The van der Waals surface area contributed by atoms with Gasteiger partial charge in [-0.25, -0.2) is 0 Å². The van der Waals surface area contributed by atoms with Crippen LogP contribution in [0.5, 0.6) is 0 Å². The Morgan fingerprint density at radius 1 is 0.902 bits per heavy atom. The van der Waals surface area contributed by atoms with Crippen LogP contribution in [-0.2, 0) is 38.0 Å². The molecule has 6 rings (SSSR count). The van der Waals surface area contributed by atoms with E-state index < -0.39 is 36.6 Å². The van der Waals surface area contributed by atoms with Crippen LogP contribution in [0.4, 0.5) is 0 Å². The second kappa shape index (κ2) is 16.3. The number of methoxy groups -OCH3 is 1. The van der Waals surface area contributed by atoms with E-state index in [1.54, 1.807) is 6.92 Å². The van der Waals surface area contributed by atoms with Crippen molar-refractivity contribution in [2.24, 2.45) is 35.5 Å². The van der Waals surface area contributed by atoms with Crippen molar-refractivity contribution in [2.75, 3.05) is 21.2 Å². The number of likely N-dealkylation sites (N-methyl/N-ethyl adjacent to an activating group) is 1. The topological polar surface area (TPSA) is 133 Å². The summed E-state index contributed by atoms with van der Waals surface area (Å²) in [6, 6.07) is 0.327. The summed E-state index contributed by atoms with van der Waals surface area (Å²) < 4.78 is 37.2. The third kappa shape index (κ3) is 8.07.